The van der Waals surface area contributed by atoms with Crippen LogP contribution in [0.25, 0.3) is 0 Å². The second-order valence-corrected chi connectivity index (χ2v) is 5.14. The van der Waals surface area contributed by atoms with Gasteiger partial charge in [-0.25, -0.2) is 0 Å². The van der Waals surface area contributed by atoms with E-state index in [2.05, 4.69) is 5.32 Å². The van der Waals surface area contributed by atoms with Crippen LogP contribution in [0.1, 0.15) is 17.3 Å². The highest BCUT2D eigenvalue weighted by atomic mass is 32.2. The zero-order chi connectivity index (χ0) is 15.1. The van der Waals surface area contributed by atoms with Gasteiger partial charge in [0.25, 0.3) is 0 Å². The van der Waals surface area contributed by atoms with Crippen LogP contribution >= 0.6 is 11.8 Å². The van der Waals surface area contributed by atoms with Gasteiger partial charge in [-0.3, -0.25) is 14.4 Å². The normalized spacial score (nSPS) is 11.7. The first-order valence-electron chi connectivity index (χ1n) is 5.87. The lowest BCUT2D eigenvalue weighted by Crippen LogP contribution is -2.33. The summed E-state index contributed by atoms with van der Waals surface area (Å²) in [5.41, 5.74) is 6.21. The van der Waals surface area contributed by atoms with Crippen LogP contribution in [0.3, 0.4) is 0 Å². The van der Waals surface area contributed by atoms with E-state index in [0.29, 0.717) is 11.3 Å². The average Bonchev–Trinajstić information content (AvgIpc) is 2.38. The molecule has 0 saturated carbocycles. The summed E-state index contributed by atoms with van der Waals surface area (Å²) < 4.78 is 0. The number of hydrogen-bond donors (Lipinski definition) is 3. The largest absolute Gasteiger partial charge is 0.480 e. The molecule has 1 aromatic carbocycles. The van der Waals surface area contributed by atoms with Crippen molar-refractivity contribution in [1.82, 2.24) is 0 Å². The van der Waals surface area contributed by atoms with Gasteiger partial charge in [-0.15, -0.1) is 11.8 Å². The fourth-order valence-corrected chi connectivity index (χ4v) is 2.21. The average molecular weight is 296 g/mol. The molecule has 0 aliphatic heterocycles. The van der Waals surface area contributed by atoms with Crippen LogP contribution in [-0.2, 0) is 9.59 Å². The molecule has 0 aromatic heterocycles. The third kappa shape index (κ3) is 5.02. The summed E-state index contributed by atoms with van der Waals surface area (Å²) in [5, 5.41) is 11.2. The van der Waals surface area contributed by atoms with E-state index in [9.17, 15) is 14.4 Å². The molecule has 108 valence electrons. The van der Waals surface area contributed by atoms with E-state index < -0.39 is 12.0 Å². The van der Waals surface area contributed by atoms with Crippen LogP contribution < -0.4 is 11.1 Å². The maximum atomic E-state index is 11.7. The summed E-state index contributed by atoms with van der Waals surface area (Å²) in [6.07, 6.45) is 0. The molecule has 0 saturated heterocycles. The molecule has 0 bridgehead atoms. The van der Waals surface area contributed by atoms with Crippen molar-refractivity contribution in [3.8, 4) is 0 Å². The molecule has 1 aromatic rings. The van der Waals surface area contributed by atoms with Gasteiger partial charge in [-0.1, -0.05) is 12.1 Å². The molecule has 1 rings (SSSR count). The van der Waals surface area contributed by atoms with Gasteiger partial charge in [-0.05, 0) is 19.1 Å². The number of amides is 1. The highest BCUT2D eigenvalue weighted by Gasteiger charge is 2.13. The third-order valence-corrected chi connectivity index (χ3v) is 3.49. The molecular formula is C13H16N2O4S. The number of Topliss-reactive ketones (excluding diaryl/α,β-unsaturated/α-hetero) is 1. The van der Waals surface area contributed by atoms with Crippen LogP contribution in [0.15, 0.2) is 24.3 Å². The number of ketones is 1. The smallest absolute Gasteiger partial charge is 0.321 e. The number of carbonyl (C=O) groups excluding carboxylic acids is 2. The highest BCUT2D eigenvalue weighted by molar-refractivity contribution is 8.00. The van der Waals surface area contributed by atoms with E-state index in [1.54, 1.807) is 24.3 Å². The third-order valence-electron chi connectivity index (χ3n) is 2.43. The van der Waals surface area contributed by atoms with E-state index in [-0.39, 0.29) is 23.2 Å². The minimum absolute atomic E-state index is 0.0766. The van der Waals surface area contributed by atoms with Crippen molar-refractivity contribution in [3.63, 3.8) is 0 Å². The quantitative estimate of drug-likeness (QED) is 0.647. The fourth-order valence-electron chi connectivity index (χ4n) is 1.44. The highest BCUT2D eigenvalue weighted by Crippen LogP contribution is 2.16. The monoisotopic (exact) mass is 296 g/mol. The van der Waals surface area contributed by atoms with Gasteiger partial charge in [-0.2, -0.15) is 0 Å². The van der Waals surface area contributed by atoms with Gasteiger partial charge in [0, 0.05) is 11.3 Å². The predicted molar refractivity (Wildman–Crippen MR) is 78.0 cm³/mol. The Morgan fingerprint density at radius 1 is 1.35 bits per heavy atom. The summed E-state index contributed by atoms with van der Waals surface area (Å²) in [7, 11) is 0. The Balaban J connectivity index is 2.51. The molecule has 0 heterocycles. The van der Waals surface area contributed by atoms with Crippen LogP contribution in [0.5, 0.6) is 0 Å². The predicted octanol–water partition coefficient (Wildman–Crippen LogP) is 0.973. The van der Waals surface area contributed by atoms with E-state index >= 15 is 0 Å². The van der Waals surface area contributed by atoms with Crippen molar-refractivity contribution in [2.75, 3.05) is 16.8 Å². The molecule has 1 amide bonds. The van der Waals surface area contributed by atoms with Gasteiger partial charge in [0.1, 0.15) is 6.04 Å². The van der Waals surface area contributed by atoms with E-state index in [4.69, 9.17) is 10.8 Å². The number of nitrogens with two attached hydrogens (primary N) is 1. The maximum absolute atomic E-state index is 11.7. The number of aliphatic carboxylic acids is 1. The number of carboxylic acid groups (broad SMARTS) is 1. The van der Waals surface area contributed by atoms with Crippen molar-refractivity contribution in [1.29, 1.82) is 0 Å². The molecule has 20 heavy (non-hydrogen) atoms. The molecule has 0 spiro atoms. The number of carboxylic acids is 1. The minimum Gasteiger partial charge on any atom is -0.480 e. The molecule has 6 nitrogen and oxygen atoms in total. The topological polar surface area (TPSA) is 109 Å². The Kier molecular flexibility index (Phi) is 6.20. The number of anilines is 1. The van der Waals surface area contributed by atoms with E-state index in [0.717, 1.165) is 11.8 Å². The maximum Gasteiger partial charge on any atom is 0.321 e. The van der Waals surface area contributed by atoms with Gasteiger partial charge >= 0.3 is 5.97 Å². The van der Waals surface area contributed by atoms with Crippen molar-refractivity contribution in [2.45, 2.75) is 13.0 Å². The fraction of sp³-hybridized carbons (Fsp3) is 0.308. The summed E-state index contributed by atoms with van der Waals surface area (Å²) in [6, 6.07) is 5.72. The number of thioether (sulfide) groups is 1. The van der Waals surface area contributed by atoms with Gasteiger partial charge in [0.05, 0.1) is 11.4 Å². The van der Waals surface area contributed by atoms with Crippen LogP contribution in [0.2, 0.25) is 0 Å². The molecule has 0 unspecified atom stereocenters. The van der Waals surface area contributed by atoms with Gasteiger partial charge in [0.2, 0.25) is 5.91 Å². The molecule has 0 fully saturated rings. The van der Waals surface area contributed by atoms with Crippen molar-refractivity contribution >= 4 is 35.1 Å². The lowest BCUT2D eigenvalue weighted by atomic mass is 10.1. The number of rotatable bonds is 7. The standard InChI is InChI=1S/C13H16N2O4S/c1-8(16)9-4-2-3-5-11(9)15-12(17)7-20-6-10(14)13(18)19/h2-5,10H,6-7,14H2,1H3,(H,15,17)(H,18,19)/t10-/m1/s1. The van der Waals surface area contributed by atoms with Crippen LogP contribution in [0.4, 0.5) is 5.69 Å². The Morgan fingerprint density at radius 2 is 2.00 bits per heavy atom. The van der Waals surface area contributed by atoms with Gasteiger partial charge < -0.3 is 16.2 Å². The molecular weight excluding hydrogens is 280 g/mol. The zero-order valence-electron chi connectivity index (χ0n) is 11.0. The first-order valence-corrected chi connectivity index (χ1v) is 7.03. The molecule has 0 aliphatic carbocycles. The van der Waals surface area contributed by atoms with Crippen LogP contribution in [0, 0.1) is 0 Å². The van der Waals surface area contributed by atoms with Crippen molar-refractivity contribution < 1.29 is 19.5 Å². The first kappa shape index (κ1) is 16.2. The van der Waals surface area contributed by atoms with E-state index in [1.807, 2.05) is 0 Å². The summed E-state index contributed by atoms with van der Waals surface area (Å²) in [5.74, 6) is -1.31. The second kappa shape index (κ2) is 7.66. The molecule has 0 aliphatic rings. The number of nitrogens with one attached hydrogen (secondary N) is 1. The molecule has 7 heteroatoms. The Hall–Kier alpha value is -1.86. The second-order valence-electron chi connectivity index (χ2n) is 4.11. The lowest BCUT2D eigenvalue weighted by Gasteiger charge is -2.09. The lowest BCUT2D eigenvalue weighted by molar-refractivity contribution is -0.137. The van der Waals surface area contributed by atoms with Crippen molar-refractivity contribution in [2.24, 2.45) is 5.73 Å². The first-order chi connectivity index (χ1) is 9.41. The summed E-state index contributed by atoms with van der Waals surface area (Å²) in [6.45, 7) is 1.42. The zero-order valence-corrected chi connectivity index (χ0v) is 11.8. The SMILES string of the molecule is CC(=O)c1ccccc1NC(=O)CSC[C@@H](N)C(=O)O. The Bertz CT molecular complexity index is 519. The summed E-state index contributed by atoms with van der Waals surface area (Å²) >= 11 is 1.13. The number of benzene rings is 1. The van der Waals surface area contributed by atoms with Crippen molar-refractivity contribution in [3.05, 3.63) is 29.8 Å². The molecule has 1 atom stereocenters. The summed E-state index contributed by atoms with van der Waals surface area (Å²) in [4.78, 5) is 33.6. The van der Waals surface area contributed by atoms with Crippen LogP contribution in [-0.4, -0.2) is 40.3 Å². The molecule has 4 N–H and O–H groups in total. The Labute approximate surface area is 120 Å². The van der Waals surface area contributed by atoms with Gasteiger partial charge in [0.15, 0.2) is 5.78 Å². The molecule has 0 radical (unpaired) electrons. The minimum atomic E-state index is -1.10. The van der Waals surface area contributed by atoms with E-state index in [1.165, 1.54) is 6.92 Å². The number of para-hydroxylation sites is 1. The number of carbonyl (C=O) groups is 3. The Morgan fingerprint density at radius 3 is 2.60 bits per heavy atom. The number of hydrogen-bond acceptors (Lipinski definition) is 5.